The molecule has 3 aromatic rings. The molecule has 1 saturated heterocycles. The number of aromatic nitrogens is 2. The smallest absolute Gasteiger partial charge is 0.459 e. The van der Waals surface area contributed by atoms with Crippen molar-refractivity contribution in [3.05, 3.63) is 99.4 Å². The van der Waals surface area contributed by atoms with E-state index in [-0.39, 0.29) is 24.6 Å². The summed E-state index contributed by atoms with van der Waals surface area (Å²) in [6.45, 7) is 0.691. The van der Waals surface area contributed by atoms with Gasteiger partial charge < -0.3 is 29.9 Å². The molecule has 1 aliphatic heterocycles. The van der Waals surface area contributed by atoms with Gasteiger partial charge in [-0.15, -0.1) is 0 Å². The van der Waals surface area contributed by atoms with Gasteiger partial charge in [0.2, 0.25) is 5.72 Å². The molecule has 6 atom stereocenters. The molecule has 1 aliphatic rings. The number of hydrogen-bond donors (Lipinski definition) is 4. The Labute approximate surface area is 245 Å². The highest BCUT2D eigenvalue weighted by atomic mass is 31.2. The summed E-state index contributed by atoms with van der Waals surface area (Å²) < 4.78 is 37.3. The zero-order chi connectivity index (χ0) is 31.0. The fraction of sp³-hybridized carbons (Fsp3) is 0.346. The molecule has 2 aromatic carbocycles. The van der Waals surface area contributed by atoms with Crippen LogP contribution in [-0.2, 0) is 29.8 Å². The summed E-state index contributed by atoms with van der Waals surface area (Å²) in [5.41, 5.74) is 12.2. The Hall–Kier alpha value is -4.27. The number of nitrogens with zero attached hydrogens (tertiary/aromatic N) is 5. The van der Waals surface area contributed by atoms with Gasteiger partial charge in [0, 0.05) is 11.1 Å². The van der Waals surface area contributed by atoms with Crippen LogP contribution in [0.4, 0.5) is 5.82 Å². The van der Waals surface area contributed by atoms with Crippen molar-refractivity contribution in [2.24, 2.45) is 5.11 Å². The summed E-state index contributed by atoms with van der Waals surface area (Å²) in [5, 5.41) is 27.8. The first-order chi connectivity index (χ1) is 20.6. The first kappa shape index (κ1) is 31.7. The Kier molecular flexibility index (Phi) is 10.2. The molecular formula is C26H30N7O9P. The largest absolute Gasteiger partial charge is 0.465 e. The maximum absolute atomic E-state index is 14.2. The average molecular weight is 616 g/mol. The van der Waals surface area contributed by atoms with Crippen LogP contribution < -0.4 is 21.0 Å². The number of para-hydroxylation sites is 1. The molecule has 0 radical (unpaired) electrons. The minimum atomic E-state index is -4.59. The highest BCUT2D eigenvalue weighted by molar-refractivity contribution is 7.52. The number of carbonyl (C=O) groups is 1. The number of nitrogen functional groups attached to an aromatic ring is 1. The SMILES string of the molecule is CCOC(=O)C(Cc1ccccc1)NP(=O)(OC[C@@]1(N=[N+]=[N-])O[C@@H](n2ccc(N)nc2=O)[C@H](O)[C@@H]1O)Oc1ccccc1. The Morgan fingerprint density at radius 2 is 1.91 bits per heavy atom. The van der Waals surface area contributed by atoms with Crippen LogP contribution in [0, 0.1) is 0 Å². The van der Waals surface area contributed by atoms with E-state index in [4.69, 9.17) is 24.3 Å². The molecule has 17 heteroatoms. The number of ether oxygens (including phenoxy) is 2. The van der Waals surface area contributed by atoms with E-state index in [1.54, 1.807) is 55.5 Å². The second kappa shape index (κ2) is 13.8. The Balaban J connectivity index is 1.66. The predicted octanol–water partition coefficient (Wildman–Crippen LogP) is 2.05. The summed E-state index contributed by atoms with van der Waals surface area (Å²) in [6, 6.07) is 16.7. The molecule has 16 nitrogen and oxygen atoms in total. The topological polar surface area (TPSA) is 233 Å². The first-order valence-corrected chi connectivity index (χ1v) is 14.6. The standard InChI is InChI=1S/C26H30N7O9P/c1-2-39-24(36)19(15-17-9-5-3-6-10-17)30-43(38,42-18-11-7-4-8-12-18)40-16-26(31-32-28)22(35)21(34)23(41-26)33-14-13-20(27)29-25(33)37/h3-14,19,21-23,34-35H,2,15-16H2,1H3,(H,30,38)(H2,27,29,37)/t19?,21-,22+,23-,26-,43?/m1/s1. The van der Waals surface area contributed by atoms with Gasteiger partial charge in [-0.3, -0.25) is 13.9 Å². The van der Waals surface area contributed by atoms with E-state index in [2.05, 4.69) is 20.1 Å². The highest BCUT2D eigenvalue weighted by Crippen LogP contribution is 2.48. The van der Waals surface area contributed by atoms with Crippen LogP contribution in [0.2, 0.25) is 0 Å². The lowest BCUT2D eigenvalue weighted by molar-refractivity contribution is -0.145. The summed E-state index contributed by atoms with van der Waals surface area (Å²) in [4.78, 5) is 31.6. The van der Waals surface area contributed by atoms with Gasteiger partial charge in [-0.2, -0.15) is 10.1 Å². The summed E-state index contributed by atoms with van der Waals surface area (Å²) in [7, 11) is -4.59. The second-order valence-electron chi connectivity index (χ2n) is 9.32. The molecule has 43 heavy (non-hydrogen) atoms. The van der Waals surface area contributed by atoms with E-state index in [1.165, 1.54) is 18.2 Å². The molecule has 1 aromatic heterocycles. The van der Waals surface area contributed by atoms with Crippen molar-refractivity contribution in [3.8, 4) is 5.75 Å². The Morgan fingerprint density at radius 3 is 2.53 bits per heavy atom. The van der Waals surface area contributed by atoms with E-state index < -0.39 is 56.2 Å². The highest BCUT2D eigenvalue weighted by Gasteiger charge is 2.56. The van der Waals surface area contributed by atoms with Crippen molar-refractivity contribution < 1.29 is 38.1 Å². The quantitative estimate of drug-likeness (QED) is 0.0711. The summed E-state index contributed by atoms with van der Waals surface area (Å²) in [5.74, 6) is -0.765. The van der Waals surface area contributed by atoms with Gasteiger partial charge in [-0.1, -0.05) is 53.6 Å². The zero-order valence-electron chi connectivity index (χ0n) is 22.9. The molecule has 4 rings (SSSR count). The minimum Gasteiger partial charge on any atom is -0.465 e. The lowest BCUT2D eigenvalue weighted by atomic mass is 10.1. The van der Waals surface area contributed by atoms with Gasteiger partial charge in [-0.25, -0.2) is 9.36 Å². The van der Waals surface area contributed by atoms with Gasteiger partial charge in [0.25, 0.3) is 0 Å². The molecule has 1 fully saturated rings. The van der Waals surface area contributed by atoms with Crippen LogP contribution >= 0.6 is 7.75 Å². The molecule has 0 saturated carbocycles. The summed E-state index contributed by atoms with van der Waals surface area (Å²) >= 11 is 0. The number of azide groups is 1. The van der Waals surface area contributed by atoms with Crippen LogP contribution in [0.5, 0.6) is 5.75 Å². The van der Waals surface area contributed by atoms with Crippen LogP contribution in [0.3, 0.4) is 0 Å². The number of benzene rings is 2. The third-order valence-corrected chi connectivity index (χ3v) is 7.87. The van der Waals surface area contributed by atoms with Gasteiger partial charge in [0.15, 0.2) is 6.23 Å². The molecule has 0 spiro atoms. The molecule has 0 aliphatic carbocycles. The number of aliphatic hydroxyl groups excluding tert-OH is 2. The van der Waals surface area contributed by atoms with Gasteiger partial charge >= 0.3 is 19.4 Å². The lowest BCUT2D eigenvalue weighted by Crippen LogP contribution is -2.46. The normalized spacial score (nSPS) is 23.5. The van der Waals surface area contributed by atoms with Crippen molar-refractivity contribution in [2.45, 2.75) is 43.5 Å². The molecular weight excluding hydrogens is 585 g/mol. The number of carbonyl (C=O) groups excluding carboxylic acids is 1. The molecule has 5 N–H and O–H groups in total. The number of anilines is 1. The van der Waals surface area contributed by atoms with E-state index in [1.807, 2.05) is 0 Å². The fourth-order valence-corrected chi connectivity index (χ4v) is 5.78. The van der Waals surface area contributed by atoms with Gasteiger partial charge in [0.1, 0.15) is 29.8 Å². The third-order valence-electron chi connectivity index (χ3n) is 6.32. The van der Waals surface area contributed by atoms with Crippen LogP contribution in [0.15, 0.2) is 82.8 Å². The van der Waals surface area contributed by atoms with Gasteiger partial charge in [-0.05, 0) is 42.6 Å². The van der Waals surface area contributed by atoms with E-state index in [9.17, 15) is 29.9 Å². The fourth-order valence-electron chi connectivity index (χ4n) is 4.27. The number of nitrogens with two attached hydrogens (primary N) is 1. The third kappa shape index (κ3) is 7.58. The Bertz CT molecular complexity index is 1560. The maximum atomic E-state index is 14.2. The van der Waals surface area contributed by atoms with E-state index in [0.29, 0.717) is 5.56 Å². The lowest BCUT2D eigenvalue weighted by Gasteiger charge is -2.30. The monoisotopic (exact) mass is 615 g/mol. The van der Waals surface area contributed by atoms with Crippen LogP contribution in [0.25, 0.3) is 10.4 Å². The van der Waals surface area contributed by atoms with Crippen molar-refractivity contribution >= 4 is 19.5 Å². The molecule has 0 amide bonds. The first-order valence-electron chi connectivity index (χ1n) is 13.0. The van der Waals surface area contributed by atoms with Crippen molar-refractivity contribution in [1.82, 2.24) is 14.6 Å². The number of aliphatic hydroxyl groups is 2. The van der Waals surface area contributed by atoms with Crippen molar-refractivity contribution in [3.63, 3.8) is 0 Å². The number of nitrogens with one attached hydrogen (secondary N) is 1. The van der Waals surface area contributed by atoms with Crippen molar-refractivity contribution in [2.75, 3.05) is 18.9 Å². The minimum absolute atomic E-state index is 0.0274. The molecule has 0 bridgehead atoms. The van der Waals surface area contributed by atoms with Gasteiger partial charge in [0.05, 0.1) is 13.2 Å². The number of hydrogen-bond acceptors (Lipinski definition) is 12. The summed E-state index contributed by atoms with van der Waals surface area (Å²) in [6.07, 6.45) is -4.22. The van der Waals surface area contributed by atoms with Crippen molar-refractivity contribution in [1.29, 1.82) is 0 Å². The van der Waals surface area contributed by atoms with E-state index >= 15 is 0 Å². The van der Waals surface area contributed by atoms with Crippen LogP contribution in [-0.4, -0.2) is 62.9 Å². The second-order valence-corrected chi connectivity index (χ2v) is 11.0. The predicted molar refractivity (Wildman–Crippen MR) is 151 cm³/mol. The van der Waals surface area contributed by atoms with Crippen LogP contribution in [0.1, 0.15) is 18.7 Å². The average Bonchev–Trinajstić information content (AvgIpc) is 3.22. The Morgan fingerprint density at radius 1 is 1.23 bits per heavy atom. The van der Waals surface area contributed by atoms with E-state index in [0.717, 1.165) is 10.8 Å². The molecule has 2 unspecified atom stereocenters. The number of rotatable bonds is 13. The zero-order valence-corrected chi connectivity index (χ0v) is 23.8. The molecule has 228 valence electrons. The maximum Gasteiger partial charge on any atom is 0.459 e. The number of esters is 1. The molecule has 2 heterocycles.